The Morgan fingerprint density at radius 3 is 2.24 bits per heavy atom. The van der Waals surface area contributed by atoms with Gasteiger partial charge in [0.1, 0.15) is 5.69 Å². The summed E-state index contributed by atoms with van der Waals surface area (Å²) in [6, 6.07) is 8.50. The van der Waals surface area contributed by atoms with Gasteiger partial charge in [-0.3, -0.25) is 0 Å². The number of pyridine rings is 1. The number of nitrogens with zero attached hydrogens (tertiary/aromatic N) is 3. The van der Waals surface area contributed by atoms with Crippen LogP contribution in [0.1, 0.15) is 36.2 Å². The smallest absolute Gasteiger partial charge is 0.322 e. The second-order valence-corrected chi connectivity index (χ2v) is 7.61. The molecule has 1 aromatic heterocycles. The van der Waals surface area contributed by atoms with E-state index in [2.05, 4.69) is 61.1 Å². The van der Waals surface area contributed by atoms with E-state index < -0.39 is 0 Å². The van der Waals surface area contributed by atoms with Crippen molar-refractivity contribution in [2.75, 3.05) is 43.5 Å². The van der Waals surface area contributed by atoms with E-state index in [1.807, 2.05) is 11.0 Å². The number of ether oxygens (including phenoxy) is 1. The molecule has 0 atom stereocenters. The average Bonchev–Trinajstić information content (AvgIpc) is 2.72. The van der Waals surface area contributed by atoms with Gasteiger partial charge in [0, 0.05) is 37.6 Å². The van der Waals surface area contributed by atoms with E-state index in [-0.39, 0.29) is 6.03 Å². The highest BCUT2D eigenvalue weighted by molar-refractivity contribution is 5.91. The number of methoxy groups -OCH3 is 1. The summed E-state index contributed by atoms with van der Waals surface area (Å²) in [5.41, 5.74) is 6.57. The fourth-order valence-corrected chi connectivity index (χ4v) is 3.93. The lowest BCUT2D eigenvalue weighted by Crippen LogP contribution is -2.50. The fraction of sp³-hybridized carbons (Fsp3) is 0.478. The first kappa shape index (κ1) is 21.0. The number of carbonyl (C=O) groups excluding carboxylic acids is 1. The number of amides is 2. The lowest BCUT2D eigenvalue weighted by molar-refractivity contribution is 0.208. The van der Waals surface area contributed by atoms with Gasteiger partial charge in [0.2, 0.25) is 5.88 Å². The van der Waals surface area contributed by atoms with E-state index in [0.29, 0.717) is 24.7 Å². The molecule has 0 bridgehead atoms. The number of anilines is 2. The first-order chi connectivity index (χ1) is 13.9. The summed E-state index contributed by atoms with van der Waals surface area (Å²) in [6.45, 7) is 11.4. The fourth-order valence-electron chi connectivity index (χ4n) is 3.93. The van der Waals surface area contributed by atoms with Gasteiger partial charge in [0.15, 0.2) is 0 Å². The van der Waals surface area contributed by atoms with Crippen molar-refractivity contribution in [3.05, 3.63) is 46.6 Å². The third kappa shape index (κ3) is 4.81. The Kier molecular flexibility index (Phi) is 6.62. The Morgan fingerprint density at radius 2 is 1.69 bits per heavy atom. The standard InChI is InChI=1S/C23H32N4O2/c1-6-18-15-21(22(29-5)24-20(18)7-2)25-23(28)27-10-8-26(9-11-27)19-13-16(3)12-17(4)14-19/h12-15H,6-11H2,1-5H3,(H,25,28). The number of aryl methyl sites for hydroxylation is 4. The molecule has 1 fully saturated rings. The third-order valence-corrected chi connectivity index (χ3v) is 5.45. The summed E-state index contributed by atoms with van der Waals surface area (Å²) in [5.74, 6) is 0.473. The van der Waals surface area contributed by atoms with Gasteiger partial charge >= 0.3 is 6.03 Å². The largest absolute Gasteiger partial charge is 0.480 e. The van der Waals surface area contributed by atoms with E-state index in [1.165, 1.54) is 16.8 Å². The van der Waals surface area contributed by atoms with Gasteiger partial charge < -0.3 is 19.9 Å². The Hall–Kier alpha value is -2.76. The van der Waals surface area contributed by atoms with Crippen molar-refractivity contribution in [1.82, 2.24) is 9.88 Å². The molecule has 156 valence electrons. The first-order valence-corrected chi connectivity index (χ1v) is 10.4. The van der Waals surface area contributed by atoms with Crippen LogP contribution in [0.5, 0.6) is 5.88 Å². The van der Waals surface area contributed by atoms with Gasteiger partial charge in [-0.15, -0.1) is 0 Å². The molecule has 1 aliphatic rings. The SMILES string of the molecule is CCc1cc(NC(=O)N2CCN(c3cc(C)cc(C)c3)CC2)c(OC)nc1CC. The van der Waals surface area contributed by atoms with Crippen molar-refractivity contribution in [3.63, 3.8) is 0 Å². The maximum absolute atomic E-state index is 12.9. The van der Waals surface area contributed by atoms with E-state index >= 15 is 0 Å². The number of nitrogens with one attached hydrogen (secondary N) is 1. The van der Waals surface area contributed by atoms with Gasteiger partial charge in [0.05, 0.1) is 7.11 Å². The molecule has 0 aliphatic carbocycles. The van der Waals surface area contributed by atoms with Gasteiger partial charge in [-0.2, -0.15) is 0 Å². The summed E-state index contributed by atoms with van der Waals surface area (Å²) in [7, 11) is 1.59. The molecule has 2 aromatic rings. The predicted molar refractivity (Wildman–Crippen MR) is 118 cm³/mol. The molecule has 3 rings (SSSR count). The molecule has 2 amide bonds. The molecule has 0 saturated carbocycles. The molecule has 6 heteroatoms. The van der Waals surface area contributed by atoms with Crippen LogP contribution in [-0.2, 0) is 12.8 Å². The second kappa shape index (κ2) is 9.16. The third-order valence-electron chi connectivity index (χ3n) is 5.45. The van der Waals surface area contributed by atoms with Crippen molar-refractivity contribution >= 4 is 17.4 Å². The van der Waals surface area contributed by atoms with Crippen LogP contribution in [0, 0.1) is 13.8 Å². The minimum Gasteiger partial charge on any atom is -0.480 e. The van der Waals surface area contributed by atoms with E-state index in [0.717, 1.165) is 37.2 Å². The van der Waals surface area contributed by atoms with Crippen molar-refractivity contribution in [2.45, 2.75) is 40.5 Å². The molecular formula is C23H32N4O2. The maximum Gasteiger partial charge on any atom is 0.322 e. The number of piperazine rings is 1. The lowest BCUT2D eigenvalue weighted by atomic mass is 10.1. The van der Waals surface area contributed by atoms with Crippen LogP contribution >= 0.6 is 0 Å². The molecule has 0 radical (unpaired) electrons. The number of benzene rings is 1. The highest BCUT2D eigenvalue weighted by atomic mass is 16.5. The van der Waals surface area contributed by atoms with Gasteiger partial charge in [-0.25, -0.2) is 9.78 Å². The number of rotatable bonds is 5. The summed E-state index contributed by atoms with van der Waals surface area (Å²) >= 11 is 0. The quantitative estimate of drug-likeness (QED) is 0.823. The predicted octanol–water partition coefficient (Wildman–Crippen LogP) is 4.19. The minimum atomic E-state index is -0.100. The van der Waals surface area contributed by atoms with E-state index in [9.17, 15) is 4.79 Å². The summed E-state index contributed by atoms with van der Waals surface area (Å²) in [4.78, 5) is 21.6. The summed E-state index contributed by atoms with van der Waals surface area (Å²) in [6.07, 6.45) is 1.71. The first-order valence-electron chi connectivity index (χ1n) is 10.4. The van der Waals surface area contributed by atoms with Crippen molar-refractivity contribution in [1.29, 1.82) is 0 Å². The Morgan fingerprint density at radius 1 is 1.03 bits per heavy atom. The van der Waals surface area contributed by atoms with Crippen molar-refractivity contribution in [3.8, 4) is 5.88 Å². The number of hydrogen-bond donors (Lipinski definition) is 1. The van der Waals surface area contributed by atoms with Crippen LogP contribution in [0.2, 0.25) is 0 Å². The highest BCUT2D eigenvalue weighted by Gasteiger charge is 2.23. The lowest BCUT2D eigenvalue weighted by Gasteiger charge is -2.36. The number of urea groups is 1. The van der Waals surface area contributed by atoms with Crippen molar-refractivity contribution in [2.24, 2.45) is 0 Å². The molecule has 2 heterocycles. The van der Waals surface area contributed by atoms with Gasteiger partial charge in [-0.1, -0.05) is 19.9 Å². The maximum atomic E-state index is 12.9. The Labute approximate surface area is 173 Å². The normalized spacial score (nSPS) is 14.1. The molecule has 0 unspecified atom stereocenters. The Bertz CT molecular complexity index is 853. The summed E-state index contributed by atoms with van der Waals surface area (Å²) < 4.78 is 5.42. The van der Waals surface area contributed by atoms with Gasteiger partial charge in [0.25, 0.3) is 0 Å². The number of carbonyl (C=O) groups is 1. The zero-order chi connectivity index (χ0) is 21.0. The second-order valence-electron chi connectivity index (χ2n) is 7.61. The number of hydrogen-bond acceptors (Lipinski definition) is 4. The van der Waals surface area contributed by atoms with Crippen LogP contribution in [0.25, 0.3) is 0 Å². The van der Waals surface area contributed by atoms with Crippen LogP contribution in [0.15, 0.2) is 24.3 Å². The monoisotopic (exact) mass is 396 g/mol. The van der Waals surface area contributed by atoms with Gasteiger partial charge in [-0.05, 0) is 61.6 Å². The average molecular weight is 397 g/mol. The molecule has 0 spiro atoms. The number of aromatic nitrogens is 1. The van der Waals surface area contributed by atoms with Crippen LogP contribution in [-0.4, -0.2) is 49.2 Å². The van der Waals surface area contributed by atoms with Crippen LogP contribution in [0.4, 0.5) is 16.2 Å². The Balaban J connectivity index is 1.67. The zero-order valence-electron chi connectivity index (χ0n) is 18.2. The molecule has 1 aromatic carbocycles. The molecule has 1 saturated heterocycles. The van der Waals surface area contributed by atoms with Crippen molar-refractivity contribution < 1.29 is 9.53 Å². The molecule has 29 heavy (non-hydrogen) atoms. The zero-order valence-corrected chi connectivity index (χ0v) is 18.2. The van der Waals surface area contributed by atoms with Crippen LogP contribution < -0.4 is 15.0 Å². The molecule has 6 nitrogen and oxygen atoms in total. The molecule has 1 aliphatic heterocycles. The van der Waals surface area contributed by atoms with Crippen LogP contribution in [0.3, 0.4) is 0 Å². The molecular weight excluding hydrogens is 364 g/mol. The van der Waals surface area contributed by atoms with E-state index in [1.54, 1.807) is 7.11 Å². The topological polar surface area (TPSA) is 57.7 Å². The highest BCUT2D eigenvalue weighted by Crippen LogP contribution is 2.27. The summed E-state index contributed by atoms with van der Waals surface area (Å²) in [5, 5.41) is 3.01. The minimum absolute atomic E-state index is 0.100. The molecule has 1 N–H and O–H groups in total. The van der Waals surface area contributed by atoms with E-state index in [4.69, 9.17) is 4.74 Å².